The summed E-state index contributed by atoms with van der Waals surface area (Å²) in [5, 5.41) is 0. The highest BCUT2D eigenvalue weighted by molar-refractivity contribution is 5.52. The third kappa shape index (κ3) is 4.67. The lowest BCUT2D eigenvalue weighted by molar-refractivity contribution is 0.173. The van der Waals surface area contributed by atoms with Crippen molar-refractivity contribution in [1.82, 2.24) is 9.88 Å². The number of para-hydroxylation sites is 1. The fraction of sp³-hybridized carbons (Fsp3) is 0.292. The molecule has 4 rings (SSSR count). The molecule has 0 atom stereocenters. The molecule has 0 saturated carbocycles. The van der Waals surface area contributed by atoms with Gasteiger partial charge in [-0.05, 0) is 24.3 Å². The molecule has 0 fully saturated rings. The molecule has 0 unspecified atom stereocenters. The van der Waals surface area contributed by atoms with E-state index >= 15 is 0 Å². The molecule has 2 heterocycles. The Morgan fingerprint density at radius 3 is 2.29 bits per heavy atom. The quantitative estimate of drug-likeness (QED) is 0.516. The highest BCUT2D eigenvalue weighted by atomic mass is 16.7. The predicted octanol–water partition coefficient (Wildman–Crippen LogP) is 4.04. The van der Waals surface area contributed by atoms with Crippen LogP contribution in [0.4, 0.5) is 0 Å². The normalized spacial score (nSPS) is 12.1. The first-order valence-corrected chi connectivity index (χ1v) is 10.0. The molecule has 1 aliphatic heterocycles. The van der Waals surface area contributed by atoms with Gasteiger partial charge in [-0.2, -0.15) is 0 Å². The second-order valence-corrected chi connectivity index (χ2v) is 7.14. The van der Waals surface area contributed by atoms with Gasteiger partial charge in [0, 0.05) is 43.0 Å². The van der Waals surface area contributed by atoms with Crippen molar-refractivity contribution < 1.29 is 23.7 Å². The fourth-order valence-electron chi connectivity index (χ4n) is 3.73. The topological polar surface area (TPSA) is 62.3 Å². The molecule has 2 aromatic carbocycles. The van der Waals surface area contributed by atoms with Gasteiger partial charge < -0.3 is 23.7 Å². The maximum atomic E-state index is 5.65. The minimum atomic E-state index is 0.223. The second-order valence-electron chi connectivity index (χ2n) is 7.14. The first-order chi connectivity index (χ1) is 15.2. The van der Waals surface area contributed by atoms with Gasteiger partial charge in [0.1, 0.15) is 5.75 Å². The van der Waals surface area contributed by atoms with Crippen molar-refractivity contribution in [3.8, 4) is 28.7 Å². The van der Waals surface area contributed by atoms with Crippen LogP contribution in [0.5, 0.6) is 28.7 Å². The summed E-state index contributed by atoms with van der Waals surface area (Å²) >= 11 is 0. The summed E-state index contributed by atoms with van der Waals surface area (Å²) in [4.78, 5) is 6.78. The van der Waals surface area contributed by atoms with Crippen LogP contribution in [-0.2, 0) is 19.6 Å². The maximum Gasteiger partial charge on any atom is 0.231 e. The molecule has 1 aromatic heterocycles. The van der Waals surface area contributed by atoms with Crippen LogP contribution in [-0.4, -0.2) is 38.0 Å². The zero-order chi connectivity index (χ0) is 21.6. The van der Waals surface area contributed by atoms with Crippen LogP contribution >= 0.6 is 0 Å². The molecular weight excluding hydrogens is 396 g/mol. The monoisotopic (exact) mass is 422 g/mol. The van der Waals surface area contributed by atoms with E-state index in [0.29, 0.717) is 31.1 Å². The number of methoxy groups -OCH3 is 3. The van der Waals surface area contributed by atoms with E-state index in [1.165, 1.54) is 0 Å². The van der Waals surface area contributed by atoms with Gasteiger partial charge in [-0.15, -0.1) is 0 Å². The van der Waals surface area contributed by atoms with E-state index in [9.17, 15) is 0 Å². The summed E-state index contributed by atoms with van der Waals surface area (Å²) in [5.41, 5.74) is 3.01. The molecular formula is C24H26N2O5. The number of benzene rings is 2. The van der Waals surface area contributed by atoms with Crippen molar-refractivity contribution in [3.63, 3.8) is 0 Å². The lowest BCUT2D eigenvalue weighted by Crippen LogP contribution is -2.23. The number of aromatic nitrogens is 1. The lowest BCUT2D eigenvalue weighted by Gasteiger charge is -2.25. The Morgan fingerprint density at radius 2 is 1.58 bits per heavy atom. The summed E-state index contributed by atoms with van der Waals surface area (Å²) < 4.78 is 27.8. The molecule has 0 saturated heterocycles. The van der Waals surface area contributed by atoms with E-state index < -0.39 is 0 Å². The Hall–Kier alpha value is -3.45. The average Bonchev–Trinajstić information content (AvgIpc) is 3.26. The van der Waals surface area contributed by atoms with E-state index in [2.05, 4.69) is 9.88 Å². The standard InChI is InChI=1S/C24H26N2O5/c1-27-20-9-6-7-17(24(20)29-3)13-26(15-19-8-4-5-10-25-19)14-18-11-22-23(31-16-30-22)12-21(18)28-2/h4-12H,13-16H2,1-3H3. The molecule has 0 N–H and O–H groups in total. The SMILES string of the molecule is COc1cc2c(cc1CN(Cc1ccccn1)Cc1cccc(OC)c1OC)OCO2. The van der Waals surface area contributed by atoms with Crippen molar-refractivity contribution in [2.45, 2.75) is 19.6 Å². The summed E-state index contributed by atoms with van der Waals surface area (Å²) in [6.45, 7) is 2.13. The maximum absolute atomic E-state index is 5.65. The molecule has 0 amide bonds. The Kier molecular flexibility index (Phi) is 6.43. The number of pyridine rings is 1. The molecule has 0 spiro atoms. The third-order valence-corrected chi connectivity index (χ3v) is 5.16. The number of fused-ring (bicyclic) bond motifs is 1. The Bertz CT molecular complexity index is 1030. The van der Waals surface area contributed by atoms with Gasteiger partial charge in [0.2, 0.25) is 6.79 Å². The fourth-order valence-corrected chi connectivity index (χ4v) is 3.73. The Labute approximate surface area is 182 Å². The molecule has 7 heteroatoms. The van der Waals surface area contributed by atoms with Crippen LogP contribution < -0.4 is 23.7 Å². The highest BCUT2D eigenvalue weighted by Gasteiger charge is 2.21. The summed E-state index contributed by atoms with van der Waals surface area (Å²) in [5.74, 6) is 3.62. The number of ether oxygens (including phenoxy) is 5. The number of hydrogen-bond acceptors (Lipinski definition) is 7. The number of nitrogens with zero attached hydrogens (tertiary/aromatic N) is 2. The molecule has 0 bridgehead atoms. The lowest BCUT2D eigenvalue weighted by atomic mass is 10.1. The Morgan fingerprint density at radius 1 is 0.806 bits per heavy atom. The van der Waals surface area contributed by atoms with Crippen LogP contribution in [0.1, 0.15) is 16.8 Å². The van der Waals surface area contributed by atoms with E-state index in [4.69, 9.17) is 23.7 Å². The largest absolute Gasteiger partial charge is 0.496 e. The summed E-state index contributed by atoms with van der Waals surface area (Å²) in [6, 6.07) is 15.7. The van der Waals surface area contributed by atoms with Gasteiger partial charge in [-0.3, -0.25) is 9.88 Å². The number of rotatable bonds is 9. The third-order valence-electron chi connectivity index (χ3n) is 5.16. The van der Waals surface area contributed by atoms with E-state index in [0.717, 1.165) is 34.1 Å². The smallest absolute Gasteiger partial charge is 0.231 e. The predicted molar refractivity (Wildman–Crippen MR) is 116 cm³/mol. The van der Waals surface area contributed by atoms with Gasteiger partial charge >= 0.3 is 0 Å². The van der Waals surface area contributed by atoms with Crippen molar-refractivity contribution in [2.24, 2.45) is 0 Å². The molecule has 3 aromatic rings. The molecule has 31 heavy (non-hydrogen) atoms. The van der Waals surface area contributed by atoms with Crippen molar-refractivity contribution in [3.05, 3.63) is 71.5 Å². The molecule has 162 valence electrons. The van der Waals surface area contributed by atoms with Gasteiger partial charge in [-0.25, -0.2) is 0 Å². The Balaban J connectivity index is 1.66. The first-order valence-electron chi connectivity index (χ1n) is 10.0. The van der Waals surface area contributed by atoms with E-state index in [-0.39, 0.29) is 6.79 Å². The van der Waals surface area contributed by atoms with Gasteiger partial charge in [0.15, 0.2) is 23.0 Å². The zero-order valence-corrected chi connectivity index (χ0v) is 18.0. The van der Waals surface area contributed by atoms with Crippen molar-refractivity contribution in [1.29, 1.82) is 0 Å². The van der Waals surface area contributed by atoms with Crippen LogP contribution in [0.25, 0.3) is 0 Å². The van der Waals surface area contributed by atoms with Gasteiger partial charge in [0.25, 0.3) is 0 Å². The van der Waals surface area contributed by atoms with Gasteiger partial charge in [-0.1, -0.05) is 18.2 Å². The van der Waals surface area contributed by atoms with Gasteiger partial charge in [0.05, 0.1) is 27.0 Å². The minimum Gasteiger partial charge on any atom is -0.496 e. The van der Waals surface area contributed by atoms with Crippen molar-refractivity contribution >= 4 is 0 Å². The molecule has 0 radical (unpaired) electrons. The summed E-state index contributed by atoms with van der Waals surface area (Å²) in [7, 11) is 4.96. The van der Waals surface area contributed by atoms with E-state index in [1.807, 2.05) is 48.5 Å². The first kappa shape index (κ1) is 20.8. The van der Waals surface area contributed by atoms with Crippen LogP contribution in [0.2, 0.25) is 0 Å². The molecule has 1 aliphatic rings. The highest BCUT2D eigenvalue weighted by Crippen LogP contribution is 2.39. The summed E-state index contributed by atoms with van der Waals surface area (Å²) in [6.07, 6.45) is 1.81. The number of hydrogen-bond donors (Lipinski definition) is 0. The zero-order valence-electron chi connectivity index (χ0n) is 18.0. The van der Waals surface area contributed by atoms with Crippen LogP contribution in [0, 0.1) is 0 Å². The van der Waals surface area contributed by atoms with Crippen LogP contribution in [0.15, 0.2) is 54.7 Å². The van der Waals surface area contributed by atoms with Crippen LogP contribution in [0.3, 0.4) is 0 Å². The molecule has 7 nitrogen and oxygen atoms in total. The minimum absolute atomic E-state index is 0.223. The molecule has 0 aliphatic carbocycles. The average molecular weight is 422 g/mol. The second kappa shape index (κ2) is 9.57. The van der Waals surface area contributed by atoms with Crippen molar-refractivity contribution in [2.75, 3.05) is 28.1 Å². The van der Waals surface area contributed by atoms with E-state index in [1.54, 1.807) is 27.5 Å².